The van der Waals surface area contributed by atoms with Crippen LogP contribution >= 0.6 is 0 Å². The minimum Gasteiger partial charge on any atom is -0.369 e. The fourth-order valence-corrected chi connectivity index (χ4v) is 1.00. The quantitative estimate of drug-likeness (QED) is 0.520. The van der Waals surface area contributed by atoms with Gasteiger partial charge in [-0.25, -0.2) is 0 Å². The number of ketones is 1. The van der Waals surface area contributed by atoms with Gasteiger partial charge in [-0.2, -0.15) is 0 Å². The van der Waals surface area contributed by atoms with Gasteiger partial charge in [-0.15, -0.1) is 0 Å². The maximum Gasteiger partial charge on any atom is 0.228 e. The first-order valence-corrected chi connectivity index (χ1v) is 3.21. The molecular weight excluding hydrogens is 130 g/mol. The lowest BCUT2D eigenvalue weighted by Gasteiger charge is -2.11. The van der Waals surface area contributed by atoms with Crippen LogP contribution in [0.2, 0.25) is 0 Å². The molecule has 1 unspecified atom stereocenters. The Morgan fingerprint density at radius 3 is 2.80 bits per heavy atom. The van der Waals surface area contributed by atoms with Crippen LogP contribution < -0.4 is 5.73 Å². The fraction of sp³-hybridized carbons (Fsp3) is 0.429. The fourth-order valence-electron chi connectivity index (χ4n) is 1.00. The number of amides is 1. The summed E-state index contributed by atoms with van der Waals surface area (Å²) in [7, 11) is 0. The van der Waals surface area contributed by atoms with Crippen LogP contribution in [0, 0.1) is 5.92 Å². The number of nitrogens with two attached hydrogens (primary N) is 1. The van der Waals surface area contributed by atoms with Crippen LogP contribution in [0.5, 0.6) is 0 Å². The Labute approximate surface area is 58.9 Å². The second-order valence-corrected chi connectivity index (χ2v) is 2.34. The smallest absolute Gasteiger partial charge is 0.228 e. The lowest BCUT2D eigenvalue weighted by atomic mass is 9.93. The third-order valence-electron chi connectivity index (χ3n) is 1.59. The van der Waals surface area contributed by atoms with Crippen molar-refractivity contribution < 1.29 is 9.59 Å². The summed E-state index contributed by atoms with van der Waals surface area (Å²) in [5.41, 5.74) is 4.96. The average Bonchev–Trinajstić information content (AvgIpc) is 1.88. The van der Waals surface area contributed by atoms with Crippen molar-refractivity contribution in [3.8, 4) is 0 Å². The van der Waals surface area contributed by atoms with Crippen LogP contribution in [-0.2, 0) is 9.59 Å². The largest absolute Gasteiger partial charge is 0.369 e. The van der Waals surface area contributed by atoms with Gasteiger partial charge in [0.05, 0.1) is 0 Å². The maximum absolute atomic E-state index is 10.8. The molecule has 0 fully saturated rings. The van der Waals surface area contributed by atoms with Crippen molar-refractivity contribution >= 4 is 11.7 Å². The summed E-state index contributed by atoms with van der Waals surface area (Å²) >= 11 is 0. The summed E-state index contributed by atoms with van der Waals surface area (Å²) in [6.45, 7) is 0. The standard InChI is InChI=1S/C7H9NO2/c8-7(10)5-3-1-2-4-6(5)9/h2,4-5H,1,3H2,(H2,8,10). The van der Waals surface area contributed by atoms with E-state index in [1.54, 1.807) is 6.08 Å². The van der Waals surface area contributed by atoms with E-state index in [1.165, 1.54) is 6.08 Å². The highest BCUT2D eigenvalue weighted by Crippen LogP contribution is 2.13. The first-order chi connectivity index (χ1) is 4.72. The molecule has 1 atom stereocenters. The minimum atomic E-state index is -0.565. The molecule has 1 aliphatic rings. The van der Waals surface area contributed by atoms with Crippen LogP contribution in [-0.4, -0.2) is 11.7 Å². The van der Waals surface area contributed by atoms with Crippen molar-refractivity contribution in [1.82, 2.24) is 0 Å². The molecule has 1 amide bonds. The van der Waals surface area contributed by atoms with Gasteiger partial charge in [-0.3, -0.25) is 9.59 Å². The van der Waals surface area contributed by atoms with Crippen molar-refractivity contribution in [3.05, 3.63) is 12.2 Å². The summed E-state index contributed by atoms with van der Waals surface area (Å²) < 4.78 is 0. The molecule has 0 aromatic carbocycles. The predicted octanol–water partition coefficient (Wildman–Crippen LogP) is 0.00700. The SMILES string of the molecule is NC(=O)C1CCC=CC1=O. The molecule has 0 heterocycles. The van der Waals surface area contributed by atoms with Crippen molar-refractivity contribution in [2.45, 2.75) is 12.8 Å². The molecule has 0 spiro atoms. The van der Waals surface area contributed by atoms with Gasteiger partial charge >= 0.3 is 0 Å². The molecule has 0 aromatic heterocycles. The summed E-state index contributed by atoms with van der Waals surface area (Å²) in [5, 5.41) is 0. The third kappa shape index (κ3) is 1.23. The molecule has 0 saturated heterocycles. The van der Waals surface area contributed by atoms with Gasteiger partial charge in [0, 0.05) is 0 Å². The number of hydrogen-bond donors (Lipinski definition) is 1. The van der Waals surface area contributed by atoms with E-state index in [9.17, 15) is 9.59 Å². The summed E-state index contributed by atoms with van der Waals surface area (Å²) in [6.07, 6.45) is 4.55. The van der Waals surface area contributed by atoms with E-state index in [0.717, 1.165) is 6.42 Å². The molecule has 0 bridgehead atoms. The van der Waals surface area contributed by atoms with E-state index in [1.807, 2.05) is 0 Å². The highest BCUT2D eigenvalue weighted by molar-refractivity contribution is 6.06. The van der Waals surface area contributed by atoms with Crippen LogP contribution in [0.15, 0.2) is 12.2 Å². The minimum absolute atomic E-state index is 0.154. The van der Waals surface area contributed by atoms with Crippen LogP contribution in [0.1, 0.15) is 12.8 Å². The number of carbonyl (C=O) groups excluding carboxylic acids is 2. The molecule has 10 heavy (non-hydrogen) atoms. The number of carbonyl (C=O) groups is 2. The lowest BCUT2D eigenvalue weighted by Crippen LogP contribution is -2.30. The third-order valence-corrected chi connectivity index (χ3v) is 1.59. The Bertz CT molecular complexity index is 196. The molecular formula is C7H9NO2. The molecule has 0 saturated carbocycles. The van der Waals surface area contributed by atoms with Crippen LogP contribution in [0.4, 0.5) is 0 Å². The van der Waals surface area contributed by atoms with Crippen molar-refractivity contribution in [2.24, 2.45) is 11.7 Å². The van der Waals surface area contributed by atoms with E-state index in [2.05, 4.69) is 0 Å². The highest BCUT2D eigenvalue weighted by Gasteiger charge is 2.23. The Kier molecular flexibility index (Phi) is 1.85. The molecule has 0 radical (unpaired) electrons. The van der Waals surface area contributed by atoms with E-state index in [4.69, 9.17) is 5.73 Å². The zero-order valence-electron chi connectivity index (χ0n) is 5.54. The Balaban J connectivity index is 2.70. The predicted molar refractivity (Wildman–Crippen MR) is 36.1 cm³/mol. The van der Waals surface area contributed by atoms with E-state index < -0.39 is 11.8 Å². The van der Waals surface area contributed by atoms with Gasteiger partial charge in [-0.1, -0.05) is 6.08 Å². The van der Waals surface area contributed by atoms with Gasteiger partial charge in [0.1, 0.15) is 5.92 Å². The van der Waals surface area contributed by atoms with Gasteiger partial charge in [0.25, 0.3) is 0 Å². The number of allylic oxidation sites excluding steroid dienone is 2. The normalized spacial score (nSPS) is 24.8. The highest BCUT2D eigenvalue weighted by atomic mass is 16.2. The monoisotopic (exact) mass is 139 g/mol. The Hall–Kier alpha value is -1.12. The molecule has 3 heteroatoms. The Morgan fingerprint density at radius 1 is 1.70 bits per heavy atom. The summed E-state index contributed by atoms with van der Waals surface area (Å²) in [6, 6.07) is 0. The zero-order valence-corrected chi connectivity index (χ0v) is 5.54. The number of hydrogen-bond acceptors (Lipinski definition) is 2. The molecule has 1 aliphatic carbocycles. The molecule has 2 N–H and O–H groups in total. The first kappa shape index (κ1) is 6.99. The summed E-state index contributed by atoms with van der Waals surface area (Å²) in [4.78, 5) is 21.4. The molecule has 0 aromatic rings. The zero-order chi connectivity index (χ0) is 7.56. The molecule has 3 nitrogen and oxygen atoms in total. The van der Waals surface area contributed by atoms with E-state index in [-0.39, 0.29) is 5.78 Å². The lowest BCUT2D eigenvalue weighted by molar-refractivity contribution is -0.130. The number of primary amides is 1. The van der Waals surface area contributed by atoms with Crippen LogP contribution in [0.25, 0.3) is 0 Å². The van der Waals surface area contributed by atoms with Crippen molar-refractivity contribution in [2.75, 3.05) is 0 Å². The van der Waals surface area contributed by atoms with Gasteiger partial charge in [0.15, 0.2) is 5.78 Å². The van der Waals surface area contributed by atoms with Crippen LogP contribution in [0.3, 0.4) is 0 Å². The number of rotatable bonds is 1. The Morgan fingerprint density at radius 2 is 2.40 bits per heavy atom. The van der Waals surface area contributed by atoms with Gasteiger partial charge in [0.2, 0.25) is 5.91 Å². The maximum atomic E-state index is 10.8. The van der Waals surface area contributed by atoms with Gasteiger partial charge < -0.3 is 5.73 Å². The average molecular weight is 139 g/mol. The molecule has 0 aliphatic heterocycles. The van der Waals surface area contributed by atoms with Crippen molar-refractivity contribution in [1.29, 1.82) is 0 Å². The van der Waals surface area contributed by atoms with E-state index >= 15 is 0 Å². The topological polar surface area (TPSA) is 60.2 Å². The summed E-state index contributed by atoms with van der Waals surface area (Å²) in [5.74, 6) is -1.22. The van der Waals surface area contributed by atoms with Crippen molar-refractivity contribution in [3.63, 3.8) is 0 Å². The molecule has 1 rings (SSSR count). The molecule has 54 valence electrons. The van der Waals surface area contributed by atoms with Gasteiger partial charge in [-0.05, 0) is 18.9 Å². The first-order valence-electron chi connectivity index (χ1n) is 3.21. The van der Waals surface area contributed by atoms with E-state index in [0.29, 0.717) is 6.42 Å². The second-order valence-electron chi connectivity index (χ2n) is 2.34. The second kappa shape index (κ2) is 2.64.